The van der Waals surface area contributed by atoms with Crippen LogP contribution in [0, 0.1) is 12.7 Å². The number of thiazole rings is 1. The van der Waals surface area contributed by atoms with Crippen molar-refractivity contribution in [3.8, 4) is 17.0 Å². The number of nitrogens with one attached hydrogen (secondary N) is 1. The van der Waals surface area contributed by atoms with Gasteiger partial charge < -0.3 is 10.1 Å². The summed E-state index contributed by atoms with van der Waals surface area (Å²) in [5.41, 5.74) is 1.57. The molecule has 2 aromatic carbocycles. The van der Waals surface area contributed by atoms with Crippen LogP contribution in [0.1, 0.15) is 11.8 Å². The first-order chi connectivity index (χ1) is 14.9. The summed E-state index contributed by atoms with van der Waals surface area (Å²) in [6.07, 6.45) is 1.28. The zero-order chi connectivity index (χ0) is 22.0. The molecule has 0 spiro atoms. The molecule has 4 rings (SSSR count). The molecule has 2 aromatic heterocycles. The first-order valence-corrected chi connectivity index (χ1v) is 10.4. The van der Waals surface area contributed by atoms with Gasteiger partial charge in [-0.3, -0.25) is 14.2 Å². The van der Waals surface area contributed by atoms with Crippen LogP contribution in [0.2, 0.25) is 0 Å². The molecule has 0 saturated carbocycles. The summed E-state index contributed by atoms with van der Waals surface area (Å²) >= 11 is 1.34. The van der Waals surface area contributed by atoms with Gasteiger partial charge in [0.25, 0.3) is 5.56 Å². The van der Waals surface area contributed by atoms with Crippen molar-refractivity contribution in [3.63, 3.8) is 0 Å². The lowest BCUT2D eigenvalue weighted by Crippen LogP contribution is -2.27. The summed E-state index contributed by atoms with van der Waals surface area (Å²) in [7, 11) is 0. The second-order valence-corrected chi connectivity index (χ2v) is 7.97. The number of hydrogen-bond donors (Lipinski definition) is 1. The minimum atomic E-state index is -0.534. The van der Waals surface area contributed by atoms with Crippen molar-refractivity contribution in [2.75, 3.05) is 11.9 Å². The highest BCUT2D eigenvalue weighted by molar-refractivity contribution is 7.16. The van der Waals surface area contributed by atoms with E-state index in [1.807, 2.05) is 38.1 Å². The number of aryl methyl sites for hydroxylation is 1. The number of fused-ring (bicyclic) bond motifs is 1. The van der Waals surface area contributed by atoms with Gasteiger partial charge in [0, 0.05) is 10.4 Å². The second kappa shape index (κ2) is 8.65. The monoisotopic (exact) mass is 438 g/mol. The molecule has 0 atom stereocenters. The van der Waals surface area contributed by atoms with Crippen molar-refractivity contribution in [3.05, 3.63) is 69.8 Å². The van der Waals surface area contributed by atoms with E-state index in [0.717, 1.165) is 32.5 Å². The Labute approximate surface area is 181 Å². The molecule has 0 bridgehead atoms. The lowest BCUT2D eigenvalue weighted by molar-refractivity contribution is -0.116. The van der Waals surface area contributed by atoms with E-state index in [9.17, 15) is 14.0 Å². The van der Waals surface area contributed by atoms with Crippen LogP contribution >= 0.6 is 11.3 Å². The summed E-state index contributed by atoms with van der Waals surface area (Å²) in [6, 6.07) is 11.4. The second-order valence-electron chi connectivity index (χ2n) is 6.77. The van der Waals surface area contributed by atoms with E-state index in [1.165, 1.54) is 29.8 Å². The van der Waals surface area contributed by atoms with Crippen LogP contribution in [-0.4, -0.2) is 27.0 Å². The van der Waals surface area contributed by atoms with Gasteiger partial charge in [-0.25, -0.2) is 14.4 Å². The van der Waals surface area contributed by atoms with Crippen LogP contribution in [0.5, 0.6) is 5.75 Å². The summed E-state index contributed by atoms with van der Waals surface area (Å²) < 4.78 is 20.1. The van der Waals surface area contributed by atoms with Gasteiger partial charge in [-0.05, 0) is 56.3 Å². The molecule has 0 unspecified atom stereocenters. The standard InChI is InChI=1S/C22H19FN4O3S/c1-3-30-16-7-4-14(5-8-16)20-13(2)31-22(26-20)25-19(28)11-27-12-24-18-9-6-15(23)10-17(18)21(27)29/h4-10,12H,3,11H2,1-2H3,(H,25,26,28). The number of aromatic nitrogens is 3. The first kappa shape index (κ1) is 20.7. The average molecular weight is 438 g/mol. The minimum Gasteiger partial charge on any atom is -0.494 e. The highest BCUT2D eigenvalue weighted by Crippen LogP contribution is 2.31. The molecule has 0 aliphatic heterocycles. The fourth-order valence-electron chi connectivity index (χ4n) is 3.15. The lowest BCUT2D eigenvalue weighted by Gasteiger charge is -2.06. The van der Waals surface area contributed by atoms with Gasteiger partial charge >= 0.3 is 0 Å². The van der Waals surface area contributed by atoms with Crippen molar-refractivity contribution >= 4 is 33.3 Å². The van der Waals surface area contributed by atoms with Crippen LogP contribution in [0.25, 0.3) is 22.2 Å². The molecule has 0 radical (unpaired) electrons. The van der Waals surface area contributed by atoms with Crippen LogP contribution in [-0.2, 0) is 11.3 Å². The van der Waals surface area contributed by atoms with Gasteiger partial charge in [0.15, 0.2) is 5.13 Å². The molecule has 158 valence electrons. The maximum absolute atomic E-state index is 13.5. The Morgan fingerprint density at radius 1 is 1.23 bits per heavy atom. The molecule has 0 fully saturated rings. The van der Waals surface area contributed by atoms with Gasteiger partial charge in [-0.15, -0.1) is 11.3 Å². The van der Waals surface area contributed by atoms with Gasteiger partial charge in [0.1, 0.15) is 18.1 Å². The number of anilines is 1. The number of ether oxygens (including phenoxy) is 1. The zero-order valence-electron chi connectivity index (χ0n) is 16.9. The number of carbonyl (C=O) groups is 1. The minimum absolute atomic E-state index is 0.123. The largest absolute Gasteiger partial charge is 0.494 e. The molecule has 0 saturated heterocycles. The fraction of sp³-hybridized carbons (Fsp3) is 0.182. The Hall–Kier alpha value is -3.59. The quantitative estimate of drug-likeness (QED) is 0.492. The summed E-state index contributed by atoms with van der Waals surface area (Å²) in [5, 5.41) is 3.28. The summed E-state index contributed by atoms with van der Waals surface area (Å²) in [4.78, 5) is 34.6. The Morgan fingerprint density at radius 3 is 2.74 bits per heavy atom. The molecule has 0 aliphatic rings. The number of halogens is 1. The maximum atomic E-state index is 13.5. The first-order valence-electron chi connectivity index (χ1n) is 9.60. The van der Waals surface area contributed by atoms with E-state index in [4.69, 9.17) is 4.74 Å². The molecule has 0 aliphatic carbocycles. The van der Waals surface area contributed by atoms with Crippen molar-refractivity contribution in [2.45, 2.75) is 20.4 Å². The summed E-state index contributed by atoms with van der Waals surface area (Å²) in [5.74, 6) is -0.178. The van der Waals surface area contributed by atoms with E-state index in [2.05, 4.69) is 15.3 Å². The number of hydrogen-bond acceptors (Lipinski definition) is 6. The Kier molecular flexibility index (Phi) is 5.77. The predicted molar refractivity (Wildman–Crippen MR) is 118 cm³/mol. The molecule has 31 heavy (non-hydrogen) atoms. The molecule has 9 heteroatoms. The summed E-state index contributed by atoms with van der Waals surface area (Å²) in [6.45, 7) is 4.19. The number of nitrogens with zero attached hydrogens (tertiary/aromatic N) is 3. The molecule has 7 nitrogen and oxygen atoms in total. The smallest absolute Gasteiger partial charge is 0.261 e. The van der Waals surface area contributed by atoms with Gasteiger partial charge in [-0.2, -0.15) is 0 Å². The third kappa shape index (κ3) is 4.46. The van der Waals surface area contributed by atoms with Crippen molar-refractivity contribution in [1.29, 1.82) is 0 Å². The third-order valence-electron chi connectivity index (χ3n) is 4.58. The number of benzene rings is 2. The van der Waals surface area contributed by atoms with Crippen LogP contribution in [0.3, 0.4) is 0 Å². The topological polar surface area (TPSA) is 86.1 Å². The molecular weight excluding hydrogens is 419 g/mol. The lowest BCUT2D eigenvalue weighted by atomic mass is 10.1. The molecule has 4 aromatic rings. The van der Waals surface area contributed by atoms with E-state index in [0.29, 0.717) is 17.3 Å². The highest BCUT2D eigenvalue weighted by atomic mass is 32.1. The third-order valence-corrected chi connectivity index (χ3v) is 5.47. The molecule has 1 N–H and O–H groups in total. The van der Waals surface area contributed by atoms with Gasteiger partial charge in [-0.1, -0.05) is 0 Å². The predicted octanol–water partition coefficient (Wildman–Crippen LogP) is 4.00. The van der Waals surface area contributed by atoms with Crippen molar-refractivity contribution < 1.29 is 13.9 Å². The van der Waals surface area contributed by atoms with Gasteiger partial charge in [0.05, 0.1) is 29.5 Å². The van der Waals surface area contributed by atoms with Crippen molar-refractivity contribution in [2.24, 2.45) is 0 Å². The zero-order valence-corrected chi connectivity index (χ0v) is 17.7. The maximum Gasteiger partial charge on any atom is 0.261 e. The van der Waals surface area contributed by atoms with E-state index < -0.39 is 17.3 Å². The molecular formula is C22H19FN4O3S. The Morgan fingerprint density at radius 2 is 2.00 bits per heavy atom. The van der Waals surface area contributed by atoms with Crippen LogP contribution < -0.4 is 15.6 Å². The number of carbonyl (C=O) groups excluding carboxylic acids is 1. The van der Waals surface area contributed by atoms with E-state index in [-0.39, 0.29) is 11.9 Å². The molecule has 1 amide bonds. The number of amides is 1. The van der Waals surface area contributed by atoms with Crippen LogP contribution in [0.4, 0.5) is 9.52 Å². The molecule has 2 heterocycles. The SMILES string of the molecule is CCOc1ccc(-c2nc(NC(=O)Cn3cnc4ccc(F)cc4c3=O)sc2C)cc1. The van der Waals surface area contributed by atoms with E-state index in [1.54, 1.807) is 0 Å². The number of rotatable bonds is 6. The average Bonchev–Trinajstić information content (AvgIpc) is 3.11. The van der Waals surface area contributed by atoms with Gasteiger partial charge in [0.2, 0.25) is 5.91 Å². The van der Waals surface area contributed by atoms with Crippen molar-refractivity contribution in [1.82, 2.24) is 14.5 Å². The Bertz CT molecular complexity index is 1310. The van der Waals surface area contributed by atoms with Crippen LogP contribution in [0.15, 0.2) is 53.6 Å². The fourth-order valence-corrected chi connectivity index (χ4v) is 4.00. The van der Waals surface area contributed by atoms with E-state index >= 15 is 0 Å². The highest BCUT2D eigenvalue weighted by Gasteiger charge is 2.14. The normalized spacial score (nSPS) is 10.9. The Balaban J connectivity index is 1.51.